The van der Waals surface area contributed by atoms with Crippen LogP contribution in [-0.4, -0.2) is 45.6 Å². The van der Waals surface area contributed by atoms with Crippen molar-refractivity contribution in [3.8, 4) is 0 Å². The summed E-state index contributed by atoms with van der Waals surface area (Å²) in [6.45, 7) is 0. The lowest BCUT2D eigenvalue weighted by Gasteiger charge is -2.57. The lowest BCUT2D eigenvalue weighted by molar-refractivity contribution is -0.311. The molecular formula is C10H12O6. The fourth-order valence-electron chi connectivity index (χ4n) is 3.22. The maximum atomic E-state index is 11.2. The van der Waals surface area contributed by atoms with E-state index in [1.807, 2.05) is 0 Å². The van der Waals surface area contributed by atoms with Crippen molar-refractivity contribution in [1.82, 2.24) is 0 Å². The second-order valence-electron chi connectivity index (χ2n) is 4.90. The summed E-state index contributed by atoms with van der Waals surface area (Å²) in [6.07, 6.45) is 0.436. The predicted octanol–water partition coefficient (Wildman–Crippen LogP) is 0.00480. The largest absolute Gasteiger partial charge is 0.479 e. The third-order valence-electron chi connectivity index (χ3n) is 3.78. The van der Waals surface area contributed by atoms with E-state index >= 15 is 0 Å². The summed E-state index contributed by atoms with van der Waals surface area (Å²) in [5.74, 6) is -2.15. The number of carboxylic acid groups (broad SMARTS) is 2. The SMILES string of the molecule is O=C(O)C12CC3CC(CC(C(=O)O)(C1)O3)O2. The molecule has 2 N–H and O–H groups in total. The van der Waals surface area contributed by atoms with Gasteiger partial charge in [0, 0.05) is 25.7 Å². The van der Waals surface area contributed by atoms with Gasteiger partial charge in [-0.25, -0.2) is 9.59 Å². The Balaban J connectivity index is 2.03. The van der Waals surface area contributed by atoms with Gasteiger partial charge in [0.2, 0.25) is 0 Å². The van der Waals surface area contributed by atoms with E-state index in [1.165, 1.54) is 0 Å². The summed E-state index contributed by atoms with van der Waals surface area (Å²) in [5, 5.41) is 18.4. The molecule has 4 atom stereocenters. The topological polar surface area (TPSA) is 93.1 Å². The van der Waals surface area contributed by atoms with E-state index in [1.54, 1.807) is 0 Å². The van der Waals surface area contributed by atoms with Crippen molar-refractivity contribution in [1.29, 1.82) is 0 Å². The molecule has 88 valence electrons. The third-order valence-corrected chi connectivity index (χ3v) is 3.78. The molecule has 4 fully saturated rings. The van der Waals surface area contributed by atoms with Crippen molar-refractivity contribution < 1.29 is 29.3 Å². The van der Waals surface area contributed by atoms with E-state index in [0.29, 0.717) is 6.42 Å². The normalized spacial score (nSPS) is 49.2. The zero-order chi connectivity index (χ0) is 11.6. The number of hydrogen-bond acceptors (Lipinski definition) is 4. The average Bonchev–Trinajstić information content (AvgIpc) is 2.14. The van der Waals surface area contributed by atoms with Gasteiger partial charge in [-0.2, -0.15) is 0 Å². The quantitative estimate of drug-likeness (QED) is 0.691. The molecule has 16 heavy (non-hydrogen) atoms. The average molecular weight is 228 g/mol. The summed E-state index contributed by atoms with van der Waals surface area (Å²) in [4.78, 5) is 22.5. The van der Waals surface area contributed by atoms with Crippen molar-refractivity contribution in [2.45, 2.75) is 49.1 Å². The number of ether oxygens (including phenoxy) is 2. The van der Waals surface area contributed by atoms with Crippen LogP contribution in [-0.2, 0) is 19.1 Å². The highest BCUT2D eigenvalue weighted by atomic mass is 16.6. The molecule has 4 heterocycles. The minimum absolute atomic E-state index is 0.0856. The zero-order valence-electron chi connectivity index (χ0n) is 8.51. The van der Waals surface area contributed by atoms with Gasteiger partial charge in [0.1, 0.15) is 0 Å². The molecule has 0 saturated carbocycles. The molecule has 6 nitrogen and oxygen atoms in total. The molecule has 0 aromatic carbocycles. The Morgan fingerprint density at radius 1 is 1.00 bits per heavy atom. The Hall–Kier alpha value is -1.14. The van der Waals surface area contributed by atoms with Gasteiger partial charge >= 0.3 is 11.9 Å². The third kappa shape index (κ3) is 1.08. The first-order valence-electron chi connectivity index (χ1n) is 5.28. The number of carbonyl (C=O) groups is 2. The van der Waals surface area contributed by atoms with Crippen LogP contribution in [0.5, 0.6) is 0 Å². The van der Waals surface area contributed by atoms with Crippen LogP contribution in [0.3, 0.4) is 0 Å². The van der Waals surface area contributed by atoms with Gasteiger partial charge in [-0.05, 0) is 0 Å². The first-order valence-corrected chi connectivity index (χ1v) is 5.28. The fourth-order valence-corrected chi connectivity index (χ4v) is 3.22. The molecular weight excluding hydrogens is 216 g/mol. The summed E-state index contributed by atoms with van der Waals surface area (Å²) in [7, 11) is 0. The van der Waals surface area contributed by atoms with Crippen molar-refractivity contribution in [2.24, 2.45) is 0 Å². The van der Waals surface area contributed by atoms with E-state index in [0.717, 1.165) is 0 Å². The molecule has 0 aromatic rings. The summed E-state index contributed by atoms with van der Waals surface area (Å²) in [5.41, 5.74) is -2.69. The molecule has 0 spiro atoms. The molecule has 4 aliphatic heterocycles. The summed E-state index contributed by atoms with van der Waals surface area (Å²) >= 11 is 0. The van der Waals surface area contributed by atoms with Gasteiger partial charge in [-0.1, -0.05) is 0 Å². The van der Waals surface area contributed by atoms with Crippen LogP contribution in [0.25, 0.3) is 0 Å². The molecule has 0 aromatic heterocycles. The summed E-state index contributed by atoms with van der Waals surface area (Å²) in [6, 6.07) is 0. The Labute approximate surface area is 91.1 Å². The predicted molar refractivity (Wildman–Crippen MR) is 48.9 cm³/mol. The van der Waals surface area contributed by atoms with Crippen molar-refractivity contribution in [3.05, 3.63) is 0 Å². The van der Waals surface area contributed by atoms with Crippen LogP contribution in [0.15, 0.2) is 0 Å². The van der Waals surface area contributed by atoms with Gasteiger partial charge in [0.25, 0.3) is 0 Å². The van der Waals surface area contributed by atoms with Crippen LogP contribution >= 0.6 is 0 Å². The van der Waals surface area contributed by atoms with Crippen LogP contribution < -0.4 is 0 Å². The molecule has 4 bridgehead atoms. The Kier molecular flexibility index (Phi) is 1.73. The minimum atomic E-state index is -1.34. The summed E-state index contributed by atoms with van der Waals surface area (Å²) < 4.78 is 11.0. The first kappa shape index (κ1) is 10.0. The van der Waals surface area contributed by atoms with E-state index in [2.05, 4.69) is 0 Å². The first-order chi connectivity index (χ1) is 7.46. The molecule has 0 amide bonds. The highest BCUT2D eigenvalue weighted by molar-refractivity contribution is 5.84. The van der Waals surface area contributed by atoms with Gasteiger partial charge in [0.05, 0.1) is 12.2 Å². The van der Waals surface area contributed by atoms with E-state index < -0.39 is 23.1 Å². The van der Waals surface area contributed by atoms with E-state index in [4.69, 9.17) is 9.47 Å². The van der Waals surface area contributed by atoms with Crippen molar-refractivity contribution in [3.63, 3.8) is 0 Å². The highest BCUT2D eigenvalue weighted by Gasteiger charge is 2.66. The van der Waals surface area contributed by atoms with E-state index in [-0.39, 0.29) is 31.5 Å². The maximum absolute atomic E-state index is 11.2. The van der Waals surface area contributed by atoms with Crippen LogP contribution in [0.2, 0.25) is 0 Å². The monoisotopic (exact) mass is 228 g/mol. The molecule has 0 aliphatic carbocycles. The molecule has 4 unspecified atom stereocenters. The molecule has 4 rings (SSSR count). The molecule has 6 heteroatoms. The van der Waals surface area contributed by atoms with Gasteiger partial charge in [0.15, 0.2) is 11.2 Å². The molecule has 4 saturated heterocycles. The van der Waals surface area contributed by atoms with Crippen LogP contribution in [0, 0.1) is 0 Å². The fraction of sp³-hybridized carbons (Fsp3) is 0.800. The van der Waals surface area contributed by atoms with Gasteiger partial charge < -0.3 is 19.7 Å². The Morgan fingerprint density at radius 2 is 1.44 bits per heavy atom. The minimum Gasteiger partial charge on any atom is -0.479 e. The van der Waals surface area contributed by atoms with Crippen LogP contribution in [0.1, 0.15) is 25.7 Å². The number of aliphatic carboxylic acids is 2. The van der Waals surface area contributed by atoms with Gasteiger partial charge in [-0.3, -0.25) is 0 Å². The molecule has 4 aliphatic rings. The lowest BCUT2D eigenvalue weighted by atomic mass is 9.69. The number of rotatable bonds is 2. The standard InChI is InChI=1S/C10H12O6/c11-7(12)9-2-5-1-6(16-9)3-10(4-9,15-5)8(13)14/h5-6H,1-4H2,(H,11,12)(H,13,14). The van der Waals surface area contributed by atoms with E-state index in [9.17, 15) is 19.8 Å². The zero-order valence-corrected chi connectivity index (χ0v) is 8.51. The number of hydrogen-bond donors (Lipinski definition) is 2. The number of carboxylic acids is 2. The Bertz CT molecular complexity index is 330. The smallest absolute Gasteiger partial charge is 0.336 e. The second kappa shape index (κ2) is 2.75. The molecule has 0 radical (unpaired) electrons. The maximum Gasteiger partial charge on any atom is 0.336 e. The second-order valence-corrected chi connectivity index (χ2v) is 4.90. The highest BCUT2D eigenvalue weighted by Crippen LogP contribution is 2.52. The Morgan fingerprint density at radius 3 is 1.81 bits per heavy atom. The van der Waals surface area contributed by atoms with Crippen LogP contribution in [0.4, 0.5) is 0 Å². The van der Waals surface area contributed by atoms with Crippen molar-refractivity contribution >= 4 is 11.9 Å². The van der Waals surface area contributed by atoms with Gasteiger partial charge in [-0.15, -0.1) is 0 Å². The van der Waals surface area contributed by atoms with Crippen molar-refractivity contribution in [2.75, 3.05) is 0 Å². The lowest BCUT2D eigenvalue weighted by Crippen LogP contribution is -2.70.